The van der Waals surface area contributed by atoms with Crippen molar-refractivity contribution in [2.24, 2.45) is 28.0 Å². The van der Waals surface area contributed by atoms with Crippen LogP contribution in [0.4, 0.5) is 32.8 Å². The highest BCUT2D eigenvalue weighted by Crippen LogP contribution is 2.66. The van der Waals surface area contributed by atoms with Crippen molar-refractivity contribution in [2.45, 2.75) is 28.5 Å². The van der Waals surface area contributed by atoms with E-state index in [-0.39, 0.29) is 40.6 Å². The lowest BCUT2D eigenvalue weighted by molar-refractivity contribution is -0.125. The van der Waals surface area contributed by atoms with Gasteiger partial charge >= 0.3 is 0 Å². The Morgan fingerprint density at radius 1 is 0.821 bits per heavy atom. The number of amides is 4. The van der Waals surface area contributed by atoms with Crippen LogP contribution in [0, 0.1) is 23.6 Å². The van der Waals surface area contributed by atoms with E-state index in [2.05, 4.69) is 10.2 Å². The van der Waals surface area contributed by atoms with Crippen LogP contribution in [0.15, 0.2) is 107 Å². The number of allylic oxidation sites excluding steroid dienone is 2. The highest BCUT2D eigenvalue weighted by molar-refractivity contribution is 6.58. The Balaban J connectivity index is 1.17. The molecule has 2 saturated heterocycles. The van der Waals surface area contributed by atoms with E-state index in [9.17, 15) is 28.7 Å². The molecule has 6 unspecified atom stereocenters. The van der Waals surface area contributed by atoms with Crippen LogP contribution in [-0.2, 0) is 19.2 Å². The van der Waals surface area contributed by atoms with Crippen molar-refractivity contribution in [1.29, 1.82) is 0 Å². The van der Waals surface area contributed by atoms with Crippen molar-refractivity contribution in [3.63, 3.8) is 0 Å². The van der Waals surface area contributed by atoms with Crippen molar-refractivity contribution in [2.75, 3.05) is 35.9 Å². The third kappa shape index (κ3) is 5.60. The number of hydrogen-bond donors (Lipinski definition) is 1. The van der Waals surface area contributed by atoms with Gasteiger partial charge in [0, 0.05) is 25.7 Å². The molecule has 4 aromatic carbocycles. The third-order valence-corrected chi connectivity index (χ3v) is 13.0. The number of hydrogen-bond acceptors (Lipinski definition) is 9. The summed E-state index contributed by atoms with van der Waals surface area (Å²) in [6.07, 6.45) is 1.64. The molecular formula is C41H33Cl3FN5O6. The first-order valence-electron chi connectivity index (χ1n) is 17.6. The number of azo groups is 1. The number of imide groups is 2. The Kier molecular flexibility index (Phi) is 9.21. The number of phenolic OH excluding ortho intramolecular Hbond substituents is 1. The fraction of sp³-hybridized carbons (Fsp3) is 0.268. The minimum absolute atomic E-state index is 0.0278. The zero-order valence-corrected chi connectivity index (χ0v) is 32.4. The number of anilines is 3. The summed E-state index contributed by atoms with van der Waals surface area (Å²) >= 11 is 21.4. The Morgan fingerprint density at radius 3 is 2.02 bits per heavy atom. The molecule has 4 aromatic rings. The Morgan fingerprint density at radius 2 is 1.41 bits per heavy atom. The molecule has 0 bridgehead atoms. The molecule has 0 radical (unpaired) electrons. The van der Waals surface area contributed by atoms with Gasteiger partial charge in [-0.15, -0.1) is 23.2 Å². The zero-order chi connectivity index (χ0) is 39.8. The van der Waals surface area contributed by atoms with Crippen molar-refractivity contribution < 1.29 is 33.4 Å². The largest absolute Gasteiger partial charge is 0.503 e. The van der Waals surface area contributed by atoms with Crippen LogP contribution in [0.3, 0.4) is 0 Å². The molecule has 2 heterocycles. The topological polar surface area (TPSA) is 132 Å². The van der Waals surface area contributed by atoms with Gasteiger partial charge in [-0.1, -0.05) is 23.3 Å². The average molecular weight is 817 g/mol. The van der Waals surface area contributed by atoms with E-state index in [1.165, 1.54) is 31.4 Å². The van der Waals surface area contributed by atoms with Crippen LogP contribution in [0.25, 0.3) is 0 Å². The molecule has 4 aliphatic rings. The molecule has 2 aliphatic carbocycles. The van der Waals surface area contributed by atoms with Crippen molar-refractivity contribution in [1.82, 2.24) is 0 Å². The number of benzene rings is 4. The first-order chi connectivity index (χ1) is 26.7. The number of alkyl halides is 2. The molecule has 6 atom stereocenters. The normalized spacial score (nSPS) is 27.0. The molecule has 1 saturated carbocycles. The van der Waals surface area contributed by atoms with E-state index in [1.54, 1.807) is 30.3 Å². The lowest BCUT2D eigenvalue weighted by atomic mass is 9.56. The number of halogens is 4. The number of ether oxygens (including phenoxy) is 1. The average Bonchev–Trinajstić information content (AvgIpc) is 3.53. The number of nitrogens with zero attached hydrogens (tertiary/aromatic N) is 5. The molecule has 4 amide bonds. The van der Waals surface area contributed by atoms with E-state index in [4.69, 9.17) is 39.5 Å². The fourth-order valence-electron chi connectivity index (χ4n) is 8.54. The molecule has 0 aromatic heterocycles. The van der Waals surface area contributed by atoms with Gasteiger partial charge in [0.25, 0.3) is 11.8 Å². The molecule has 15 heteroatoms. The van der Waals surface area contributed by atoms with Gasteiger partial charge in [-0.2, -0.15) is 10.2 Å². The zero-order valence-electron chi connectivity index (χ0n) is 30.1. The van der Waals surface area contributed by atoms with E-state index in [0.717, 1.165) is 27.6 Å². The quantitative estimate of drug-likeness (QED) is 0.0857. The van der Waals surface area contributed by atoms with Crippen LogP contribution in [0.2, 0.25) is 5.02 Å². The summed E-state index contributed by atoms with van der Waals surface area (Å²) in [6, 6.07) is 21.7. The van der Waals surface area contributed by atoms with Gasteiger partial charge in [0.1, 0.15) is 5.82 Å². The van der Waals surface area contributed by atoms with Crippen molar-refractivity contribution in [3.8, 4) is 11.5 Å². The molecule has 11 nitrogen and oxygen atoms in total. The molecule has 56 heavy (non-hydrogen) atoms. The standard InChI is InChI=1S/C41H33Cl3FN5O6/c1-48(2)25-12-6-23(7-13-25)46-47-24-8-14-26(15-9-24)49-36(52)29-17-16-28-30(33(29)37(49)53)20-40(43)38(54)50(27-10-4-22(45)5-11-27)39(55)41(40,44)34(28)21-18-31(42)35(51)32(19-21)56-3/h4-16,18-19,29-30,33-34,51H,17,20H2,1-3H3. The van der Waals surface area contributed by atoms with Crippen molar-refractivity contribution in [3.05, 3.63) is 113 Å². The van der Waals surface area contributed by atoms with Gasteiger partial charge in [0.15, 0.2) is 21.2 Å². The number of rotatable bonds is 7. The Labute approximate surface area is 335 Å². The van der Waals surface area contributed by atoms with E-state index >= 15 is 0 Å². The van der Waals surface area contributed by atoms with E-state index in [1.807, 2.05) is 43.3 Å². The van der Waals surface area contributed by atoms with Gasteiger partial charge in [0.05, 0.1) is 46.7 Å². The van der Waals surface area contributed by atoms with Crippen LogP contribution < -0.4 is 19.4 Å². The van der Waals surface area contributed by atoms with E-state index in [0.29, 0.717) is 22.6 Å². The van der Waals surface area contributed by atoms with Crippen LogP contribution in [0.5, 0.6) is 11.5 Å². The summed E-state index contributed by atoms with van der Waals surface area (Å²) in [4.78, 5) is 57.4. The SMILES string of the molecule is COc1cc(C2C3=CCC4C(=O)N(c5ccc(N=Nc6ccc(N(C)C)cc6)cc5)C(=O)C4C3CC3(Cl)C(=O)N(c4ccc(F)cc4)C(=O)C23Cl)cc(Cl)c1O. The number of carbonyl (C=O) groups excluding carboxylic acids is 4. The molecule has 2 aliphatic heterocycles. The van der Waals surface area contributed by atoms with E-state index < -0.39 is 62.9 Å². The highest BCUT2D eigenvalue weighted by Gasteiger charge is 2.76. The maximum atomic E-state index is 14.6. The third-order valence-electron chi connectivity index (χ3n) is 11.3. The monoisotopic (exact) mass is 815 g/mol. The summed E-state index contributed by atoms with van der Waals surface area (Å²) in [6.45, 7) is 0. The second-order valence-electron chi connectivity index (χ2n) is 14.4. The van der Waals surface area contributed by atoms with Gasteiger partial charge in [-0.25, -0.2) is 9.29 Å². The number of methoxy groups -OCH3 is 1. The first kappa shape index (κ1) is 37.6. The molecule has 0 spiro atoms. The van der Waals surface area contributed by atoms with Crippen molar-refractivity contribution >= 4 is 86.9 Å². The maximum absolute atomic E-state index is 14.6. The molecule has 286 valence electrons. The number of carbonyl (C=O) groups is 4. The summed E-state index contributed by atoms with van der Waals surface area (Å²) in [7, 11) is 5.21. The first-order valence-corrected chi connectivity index (χ1v) is 18.8. The van der Waals surface area contributed by atoms with Crippen LogP contribution >= 0.6 is 34.8 Å². The summed E-state index contributed by atoms with van der Waals surface area (Å²) in [5.74, 6) is -7.41. The minimum atomic E-state index is -2.19. The summed E-state index contributed by atoms with van der Waals surface area (Å²) in [5, 5.41) is 19.1. The predicted molar refractivity (Wildman–Crippen MR) is 210 cm³/mol. The smallest absolute Gasteiger partial charge is 0.258 e. The number of fused-ring (bicyclic) bond motifs is 4. The summed E-state index contributed by atoms with van der Waals surface area (Å²) in [5.41, 5.74) is 3.35. The maximum Gasteiger partial charge on any atom is 0.258 e. The number of phenols is 1. The van der Waals surface area contributed by atoms with Crippen LogP contribution in [0.1, 0.15) is 24.3 Å². The number of aromatic hydroxyl groups is 1. The predicted octanol–water partition coefficient (Wildman–Crippen LogP) is 8.44. The summed E-state index contributed by atoms with van der Waals surface area (Å²) < 4.78 is 19.4. The second-order valence-corrected chi connectivity index (χ2v) is 16.1. The Bertz CT molecular complexity index is 2370. The molecule has 8 rings (SSSR count). The second kappa shape index (κ2) is 13.7. The van der Waals surface area contributed by atoms with Crippen LogP contribution in [-0.4, -0.2) is 59.7 Å². The lowest BCUT2D eigenvalue weighted by Crippen LogP contribution is -2.60. The van der Waals surface area contributed by atoms with Gasteiger partial charge in [0.2, 0.25) is 11.8 Å². The molecular weight excluding hydrogens is 784 g/mol. The van der Waals surface area contributed by atoms with Gasteiger partial charge < -0.3 is 14.7 Å². The van der Waals surface area contributed by atoms with Gasteiger partial charge in [-0.3, -0.25) is 24.1 Å². The lowest BCUT2D eigenvalue weighted by Gasteiger charge is -2.50. The molecule has 3 fully saturated rings. The molecule has 1 N–H and O–H groups in total. The minimum Gasteiger partial charge on any atom is -0.503 e. The fourth-order valence-corrected chi connectivity index (χ4v) is 9.70. The van der Waals surface area contributed by atoms with Gasteiger partial charge in [-0.05, 0) is 109 Å². The Hall–Kier alpha value is -5.30. The highest BCUT2D eigenvalue weighted by atomic mass is 35.5.